The molecule has 2 heteroatoms. The van der Waals surface area contributed by atoms with Gasteiger partial charge in [-0.3, -0.25) is 0 Å². The number of anilines is 1. The van der Waals surface area contributed by atoms with E-state index in [0.717, 1.165) is 16.5 Å². The number of hydrogen-bond acceptors (Lipinski definition) is 2. The van der Waals surface area contributed by atoms with E-state index in [-0.39, 0.29) is 5.75 Å². The highest BCUT2D eigenvalue weighted by Gasteiger charge is 2.06. The maximum atomic E-state index is 10.1. The van der Waals surface area contributed by atoms with E-state index >= 15 is 0 Å². The molecule has 0 saturated carbocycles. The third kappa shape index (κ3) is 2.45. The summed E-state index contributed by atoms with van der Waals surface area (Å²) >= 11 is 0. The van der Waals surface area contributed by atoms with E-state index in [0.29, 0.717) is 6.54 Å². The first kappa shape index (κ1) is 12.5. The van der Waals surface area contributed by atoms with Crippen LogP contribution in [0.15, 0.2) is 60.7 Å². The van der Waals surface area contributed by atoms with Crippen LogP contribution in [-0.2, 0) is 6.54 Å². The summed E-state index contributed by atoms with van der Waals surface area (Å²) in [6.45, 7) is 2.77. The topological polar surface area (TPSA) is 32.3 Å². The zero-order valence-electron chi connectivity index (χ0n) is 11.4. The Balaban J connectivity index is 1.90. The van der Waals surface area contributed by atoms with Gasteiger partial charge in [0.05, 0.1) is 5.69 Å². The van der Waals surface area contributed by atoms with Gasteiger partial charge in [-0.25, -0.2) is 0 Å². The molecule has 0 aliphatic heterocycles. The lowest BCUT2D eigenvalue weighted by atomic mass is 10.1. The molecule has 0 amide bonds. The van der Waals surface area contributed by atoms with Crippen molar-refractivity contribution in [2.24, 2.45) is 0 Å². The second-order valence-corrected chi connectivity index (χ2v) is 5.02. The SMILES string of the molecule is Cc1ccc(CNc2c(O)ccc3ccccc23)cc1. The summed E-state index contributed by atoms with van der Waals surface area (Å²) in [4.78, 5) is 0. The second kappa shape index (κ2) is 5.25. The summed E-state index contributed by atoms with van der Waals surface area (Å²) in [7, 11) is 0. The van der Waals surface area contributed by atoms with Crippen LogP contribution in [0.4, 0.5) is 5.69 Å². The van der Waals surface area contributed by atoms with Crippen molar-refractivity contribution in [2.75, 3.05) is 5.32 Å². The average Bonchev–Trinajstić information content (AvgIpc) is 2.48. The third-order valence-corrected chi connectivity index (χ3v) is 3.50. The van der Waals surface area contributed by atoms with Crippen LogP contribution in [0.25, 0.3) is 10.8 Å². The highest BCUT2D eigenvalue weighted by atomic mass is 16.3. The summed E-state index contributed by atoms with van der Waals surface area (Å²) in [6, 6.07) is 20.1. The Kier molecular flexibility index (Phi) is 3.30. The molecule has 2 N–H and O–H groups in total. The van der Waals surface area contributed by atoms with E-state index in [9.17, 15) is 5.11 Å². The molecule has 0 aliphatic rings. The Morgan fingerprint density at radius 2 is 1.65 bits per heavy atom. The highest BCUT2D eigenvalue weighted by Crippen LogP contribution is 2.32. The zero-order valence-corrected chi connectivity index (χ0v) is 11.4. The molecular weight excluding hydrogens is 246 g/mol. The van der Waals surface area contributed by atoms with Gasteiger partial charge >= 0.3 is 0 Å². The zero-order chi connectivity index (χ0) is 13.9. The fraction of sp³-hybridized carbons (Fsp3) is 0.111. The van der Waals surface area contributed by atoms with Gasteiger partial charge in [0.25, 0.3) is 0 Å². The van der Waals surface area contributed by atoms with Gasteiger partial charge < -0.3 is 10.4 Å². The molecule has 3 aromatic rings. The highest BCUT2D eigenvalue weighted by molar-refractivity contribution is 5.96. The van der Waals surface area contributed by atoms with Gasteiger partial charge in [-0.05, 0) is 23.9 Å². The molecule has 0 aliphatic carbocycles. The van der Waals surface area contributed by atoms with Gasteiger partial charge in [0.1, 0.15) is 5.75 Å². The maximum Gasteiger partial charge on any atom is 0.139 e. The minimum atomic E-state index is 0.288. The van der Waals surface area contributed by atoms with Crippen LogP contribution in [0.2, 0.25) is 0 Å². The molecule has 0 fully saturated rings. The number of fused-ring (bicyclic) bond motifs is 1. The van der Waals surface area contributed by atoms with Crippen molar-refractivity contribution in [2.45, 2.75) is 13.5 Å². The number of aryl methyl sites for hydroxylation is 1. The van der Waals surface area contributed by atoms with Gasteiger partial charge in [-0.15, -0.1) is 0 Å². The number of benzene rings is 3. The van der Waals surface area contributed by atoms with Crippen molar-refractivity contribution in [1.29, 1.82) is 0 Å². The van der Waals surface area contributed by atoms with Gasteiger partial charge in [-0.2, -0.15) is 0 Å². The van der Waals surface area contributed by atoms with E-state index in [1.807, 2.05) is 30.3 Å². The van der Waals surface area contributed by atoms with Crippen LogP contribution >= 0.6 is 0 Å². The maximum absolute atomic E-state index is 10.1. The molecule has 0 aromatic heterocycles. The Labute approximate surface area is 118 Å². The van der Waals surface area contributed by atoms with Crippen LogP contribution in [0.5, 0.6) is 5.75 Å². The molecule has 0 atom stereocenters. The Bertz CT molecular complexity index is 732. The average molecular weight is 263 g/mol. The fourth-order valence-electron chi connectivity index (χ4n) is 2.34. The standard InChI is InChI=1S/C18H17NO/c1-13-6-8-14(9-7-13)12-19-18-16-5-3-2-4-15(16)10-11-17(18)20/h2-11,19-20H,12H2,1H3. The van der Waals surface area contributed by atoms with E-state index in [1.54, 1.807) is 6.07 Å². The lowest BCUT2D eigenvalue weighted by Gasteiger charge is -2.12. The molecule has 100 valence electrons. The quantitative estimate of drug-likeness (QED) is 0.683. The van der Waals surface area contributed by atoms with Crippen LogP contribution in [-0.4, -0.2) is 5.11 Å². The third-order valence-electron chi connectivity index (χ3n) is 3.50. The van der Waals surface area contributed by atoms with Gasteiger partial charge in [0.15, 0.2) is 0 Å². The number of phenols is 1. The first-order chi connectivity index (χ1) is 9.74. The molecule has 0 unspecified atom stereocenters. The Hall–Kier alpha value is -2.48. The molecule has 3 aromatic carbocycles. The normalized spacial score (nSPS) is 10.7. The smallest absolute Gasteiger partial charge is 0.139 e. The van der Waals surface area contributed by atoms with E-state index in [2.05, 4.69) is 36.5 Å². The first-order valence-electron chi connectivity index (χ1n) is 6.74. The molecular formula is C18H17NO. The summed E-state index contributed by atoms with van der Waals surface area (Å²) in [5, 5.41) is 15.6. The van der Waals surface area contributed by atoms with Crippen LogP contribution < -0.4 is 5.32 Å². The lowest BCUT2D eigenvalue weighted by molar-refractivity contribution is 0.478. The second-order valence-electron chi connectivity index (χ2n) is 5.02. The Morgan fingerprint density at radius 3 is 2.45 bits per heavy atom. The lowest BCUT2D eigenvalue weighted by Crippen LogP contribution is -2.00. The molecule has 0 radical (unpaired) electrons. The van der Waals surface area contributed by atoms with Crippen molar-refractivity contribution < 1.29 is 5.11 Å². The van der Waals surface area contributed by atoms with Gasteiger partial charge in [0.2, 0.25) is 0 Å². The van der Waals surface area contributed by atoms with Crippen molar-refractivity contribution in [3.8, 4) is 5.75 Å². The minimum absolute atomic E-state index is 0.288. The number of hydrogen-bond donors (Lipinski definition) is 2. The predicted molar refractivity (Wildman–Crippen MR) is 84.1 cm³/mol. The van der Waals surface area contributed by atoms with Crippen LogP contribution in [0.1, 0.15) is 11.1 Å². The number of rotatable bonds is 3. The molecule has 2 nitrogen and oxygen atoms in total. The van der Waals surface area contributed by atoms with E-state index < -0.39 is 0 Å². The molecule has 0 saturated heterocycles. The molecule has 0 heterocycles. The van der Waals surface area contributed by atoms with Gasteiger partial charge in [0, 0.05) is 11.9 Å². The number of aromatic hydroxyl groups is 1. The molecule has 0 bridgehead atoms. The van der Waals surface area contributed by atoms with Gasteiger partial charge in [-0.1, -0.05) is 60.2 Å². The van der Waals surface area contributed by atoms with Crippen LogP contribution in [0, 0.1) is 6.92 Å². The van der Waals surface area contributed by atoms with Crippen molar-refractivity contribution >= 4 is 16.5 Å². The Morgan fingerprint density at radius 1 is 0.900 bits per heavy atom. The summed E-state index contributed by atoms with van der Waals surface area (Å²) in [5.41, 5.74) is 3.24. The predicted octanol–water partition coefficient (Wildman–Crippen LogP) is 4.47. The minimum Gasteiger partial charge on any atom is -0.506 e. The van der Waals surface area contributed by atoms with E-state index in [1.165, 1.54) is 11.1 Å². The number of phenolic OH excluding ortho intramolecular Hbond substituents is 1. The monoisotopic (exact) mass is 263 g/mol. The fourth-order valence-corrected chi connectivity index (χ4v) is 2.34. The van der Waals surface area contributed by atoms with Crippen molar-refractivity contribution in [3.63, 3.8) is 0 Å². The van der Waals surface area contributed by atoms with Crippen molar-refractivity contribution in [3.05, 3.63) is 71.8 Å². The van der Waals surface area contributed by atoms with E-state index in [4.69, 9.17) is 0 Å². The largest absolute Gasteiger partial charge is 0.506 e. The molecule has 20 heavy (non-hydrogen) atoms. The van der Waals surface area contributed by atoms with Crippen LogP contribution in [0.3, 0.4) is 0 Å². The summed E-state index contributed by atoms with van der Waals surface area (Å²) in [6.07, 6.45) is 0. The number of nitrogens with one attached hydrogen (secondary N) is 1. The van der Waals surface area contributed by atoms with Crippen molar-refractivity contribution in [1.82, 2.24) is 0 Å². The molecule has 0 spiro atoms. The molecule has 3 rings (SSSR count). The first-order valence-corrected chi connectivity index (χ1v) is 6.74. The summed E-state index contributed by atoms with van der Waals surface area (Å²) < 4.78 is 0. The summed E-state index contributed by atoms with van der Waals surface area (Å²) in [5.74, 6) is 0.288.